The molecule has 0 aliphatic carbocycles. The largest absolute Gasteiger partial charge is 0.383 e. The second-order valence-corrected chi connectivity index (χ2v) is 5.79. The van der Waals surface area contributed by atoms with Crippen LogP contribution in [0.3, 0.4) is 0 Å². The van der Waals surface area contributed by atoms with Crippen LogP contribution in [0.15, 0.2) is 6.07 Å². The van der Waals surface area contributed by atoms with Gasteiger partial charge in [0.1, 0.15) is 0 Å². The highest BCUT2D eigenvalue weighted by Gasteiger charge is 2.13. The Morgan fingerprint density at radius 2 is 2.22 bits per heavy atom. The number of aryl methyl sites for hydroxylation is 2. The molecule has 0 radical (unpaired) electrons. The molecule has 1 aromatic rings. The van der Waals surface area contributed by atoms with Crippen LogP contribution in [0.5, 0.6) is 0 Å². The van der Waals surface area contributed by atoms with Crippen molar-refractivity contribution in [1.29, 1.82) is 0 Å². The van der Waals surface area contributed by atoms with E-state index < -0.39 is 0 Å². The molecular weight excluding hydrogens is 248 g/mol. The third-order valence-corrected chi connectivity index (χ3v) is 3.67. The summed E-state index contributed by atoms with van der Waals surface area (Å²) in [5, 5.41) is 6.02. The van der Waals surface area contributed by atoms with Gasteiger partial charge in [-0.15, -0.1) is 11.3 Å². The van der Waals surface area contributed by atoms with Gasteiger partial charge in [0.15, 0.2) is 0 Å². The molecule has 102 valence electrons. The second kappa shape index (κ2) is 7.51. The van der Waals surface area contributed by atoms with Crippen LogP contribution in [0.1, 0.15) is 28.3 Å². The van der Waals surface area contributed by atoms with E-state index in [1.807, 2.05) is 6.92 Å². The van der Waals surface area contributed by atoms with E-state index in [0.717, 1.165) is 0 Å². The minimum absolute atomic E-state index is 0.0156. The quantitative estimate of drug-likeness (QED) is 0.743. The van der Waals surface area contributed by atoms with Gasteiger partial charge in [-0.3, -0.25) is 4.79 Å². The lowest BCUT2D eigenvalue weighted by molar-refractivity contribution is -0.120. The molecule has 4 nitrogen and oxygen atoms in total. The van der Waals surface area contributed by atoms with Crippen LogP contribution in [0.4, 0.5) is 0 Å². The smallest absolute Gasteiger partial charge is 0.234 e. The Hall–Kier alpha value is -0.910. The average molecular weight is 270 g/mol. The zero-order chi connectivity index (χ0) is 13.5. The van der Waals surface area contributed by atoms with Crippen LogP contribution >= 0.6 is 11.3 Å². The molecule has 2 N–H and O–H groups in total. The van der Waals surface area contributed by atoms with E-state index >= 15 is 0 Å². The highest BCUT2D eigenvalue weighted by atomic mass is 32.1. The summed E-state index contributed by atoms with van der Waals surface area (Å²) in [5.41, 5.74) is 1.21. The maximum atomic E-state index is 11.7. The van der Waals surface area contributed by atoms with Gasteiger partial charge in [0.25, 0.3) is 0 Å². The Kier molecular flexibility index (Phi) is 6.32. The van der Waals surface area contributed by atoms with Gasteiger partial charge in [-0.1, -0.05) is 0 Å². The summed E-state index contributed by atoms with van der Waals surface area (Å²) < 4.78 is 4.90. The molecule has 0 aliphatic rings. The van der Waals surface area contributed by atoms with E-state index in [2.05, 4.69) is 30.5 Å². The molecule has 1 rings (SSSR count). The summed E-state index contributed by atoms with van der Waals surface area (Å²) in [6, 6.07) is 2.20. The van der Waals surface area contributed by atoms with Crippen molar-refractivity contribution < 1.29 is 9.53 Å². The minimum Gasteiger partial charge on any atom is -0.383 e. The molecule has 1 unspecified atom stereocenters. The topological polar surface area (TPSA) is 50.4 Å². The molecule has 5 heteroatoms. The van der Waals surface area contributed by atoms with Crippen molar-refractivity contribution in [2.75, 3.05) is 26.8 Å². The summed E-state index contributed by atoms with van der Waals surface area (Å²) in [6.07, 6.45) is 0. The van der Waals surface area contributed by atoms with Crippen molar-refractivity contribution in [3.05, 3.63) is 21.4 Å². The fourth-order valence-electron chi connectivity index (χ4n) is 1.83. The zero-order valence-electron chi connectivity index (χ0n) is 11.5. The van der Waals surface area contributed by atoms with Crippen molar-refractivity contribution in [1.82, 2.24) is 10.6 Å². The number of amides is 1. The lowest BCUT2D eigenvalue weighted by Gasteiger charge is -2.14. The summed E-state index contributed by atoms with van der Waals surface area (Å²) in [7, 11) is 1.64. The Morgan fingerprint density at radius 1 is 1.50 bits per heavy atom. The number of nitrogens with one attached hydrogen (secondary N) is 2. The summed E-state index contributed by atoms with van der Waals surface area (Å²) >= 11 is 1.77. The average Bonchev–Trinajstić information content (AvgIpc) is 2.64. The maximum Gasteiger partial charge on any atom is 0.234 e. The molecule has 0 saturated carbocycles. The summed E-state index contributed by atoms with van der Waals surface area (Å²) in [4.78, 5) is 14.2. The van der Waals surface area contributed by atoms with E-state index in [1.54, 1.807) is 18.4 Å². The Morgan fingerprint density at radius 3 is 2.78 bits per heavy atom. The first kappa shape index (κ1) is 15.1. The van der Waals surface area contributed by atoms with Gasteiger partial charge < -0.3 is 15.4 Å². The minimum atomic E-state index is 0.0156. The van der Waals surface area contributed by atoms with Crippen LogP contribution in [0.2, 0.25) is 0 Å². The molecule has 0 bridgehead atoms. The van der Waals surface area contributed by atoms with Crippen LogP contribution in [0.25, 0.3) is 0 Å². The lowest BCUT2D eigenvalue weighted by atomic mass is 10.1. The van der Waals surface area contributed by atoms with Crippen LogP contribution in [-0.4, -0.2) is 32.7 Å². The van der Waals surface area contributed by atoms with Crippen molar-refractivity contribution >= 4 is 17.2 Å². The number of carbonyl (C=O) groups excluding carboxylic acids is 1. The van der Waals surface area contributed by atoms with E-state index in [9.17, 15) is 4.79 Å². The van der Waals surface area contributed by atoms with Gasteiger partial charge in [-0.25, -0.2) is 0 Å². The van der Waals surface area contributed by atoms with Gasteiger partial charge in [0, 0.05) is 23.4 Å². The maximum absolute atomic E-state index is 11.7. The second-order valence-electron chi connectivity index (χ2n) is 4.33. The van der Waals surface area contributed by atoms with E-state index in [4.69, 9.17) is 4.74 Å². The lowest BCUT2D eigenvalue weighted by Crippen LogP contribution is -2.36. The van der Waals surface area contributed by atoms with Gasteiger partial charge >= 0.3 is 0 Å². The predicted octanol–water partition coefficient (Wildman–Crippen LogP) is 1.78. The standard InChI is InChI=1S/C13H22N2O2S/c1-9-7-12(11(3)18-9)10(2)15-13(16)8-14-5-6-17-4/h7,10,14H,5-6,8H2,1-4H3,(H,15,16). The normalized spacial score (nSPS) is 12.4. The Bertz CT molecular complexity index is 390. The molecular formula is C13H22N2O2S. The number of carbonyl (C=O) groups is 1. The van der Waals surface area contributed by atoms with Gasteiger partial charge in [0.2, 0.25) is 5.91 Å². The number of thiophene rings is 1. The highest BCUT2D eigenvalue weighted by molar-refractivity contribution is 7.12. The van der Waals surface area contributed by atoms with Crippen molar-refractivity contribution in [3.8, 4) is 0 Å². The molecule has 0 fully saturated rings. The first-order chi connectivity index (χ1) is 8.54. The molecule has 1 amide bonds. The van der Waals surface area contributed by atoms with Crippen molar-refractivity contribution in [3.63, 3.8) is 0 Å². The van der Waals surface area contributed by atoms with Gasteiger partial charge in [-0.2, -0.15) is 0 Å². The monoisotopic (exact) mass is 270 g/mol. The van der Waals surface area contributed by atoms with Crippen LogP contribution < -0.4 is 10.6 Å². The van der Waals surface area contributed by atoms with E-state index in [1.165, 1.54) is 15.3 Å². The van der Waals surface area contributed by atoms with E-state index in [-0.39, 0.29) is 11.9 Å². The SMILES string of the molecule is COCCNCC(=O)NC(C)c1cc(C)sc1C. The zero-order valence-corrected chi connectivity index (χ0v) is 12.3. The van der Waals surface area contributed by atoms with Crippen LogP contribution in [0, 0.1) is 13.8 Å². The number of methoxy groups -OCH3 is 1. The third kappa shape index (κ3) is 4.76. The van der Waals surface area contributed by atoms with Gasteiger partial charge in [-0.05, 0) is 32.4 Å². The highest BCUT2D eigenvalue weighted by Crippen LogP contribution is 2.25. The summed E-state index contributed by atoms with van der Waals surface area (Å²) in [6.45, 7) is 7.83. The van der Waals surface area contributed by atoms with Crippen molar-refractivity contribution in [2.24, 2.45) is 0 Å². The molecule has 0 spiro atoms. The molecule has 1 heterocycles. The van der Waals surface area contributed by atoms with Crippen LogP contribution in [-0.2, 0) is 9.53 Å². The first-order valence-corrected chi connectivity index (χ1v) is 6.92. The number of ether oxygens (including phenoxy) is 1. The molecule has 18 heavy (non-hydrogen) atoms. The molecule has 1 atom stereocenters. The summed E-state index contributed by atoms with van der Waals surface area (Å²) in [5.74, 6) is 0.0156. The number of hydrogen-bond donors (Lipinski definition) is 2. The Labute approximate surface area is 113 Å². The molecule has 0 aliphatic heterocycles. The predicted molar refractivity (Wildman–Crippen MR) is 75.1 cm³/mol. The molecule has 0 saturated heterocycles. The third-order valence-electron chi connectivity index (χ3n) is 2.69. The number of hydrogen-bond acceptors (Lipinski definition) is 4. The first-order valence-electron chi connectivity index (χ1n) is 6.10. The fraction of sp³-hybridized carbons (Fsp3) is 0.615. The van der Waals surface area contributed by atoms with E-state index in [0.29, 0.717) is 19.7 Å². The molecule has 1 aromatic heterocycles. The Balaban J connectivity index is 2.37. The number of rotatable bonds is 7. The fourth-order valence-corrected chi connectivity index (χ4v) is 2.85. The van der Waals surface area contributed by atoms with Gasteiger partial charge in [0.05, 0.1) is 19.2 Å². The van der Waals surface area contributed by atoms with Crippen molar-refractivity contribution in [2.45, 2.75) is 26.8 Å². The molecule has 0 aromatic carbocycles.